The highest BCUT2D eigenvalue weighted by molar-refractivity contribution is 5.82. The molecule has 0 aliphatic carbocycles. The van der Waals surface area contributed by atoms with E-state index in [0.29, 0.717) is 29.5 Å². The number of nitrogens with one attached hydrogen (secondary N) is 3. The van der Waals surface area contributed by atoms with Crippen molar-refractivity contribution in [1.82, 2.24) is 29.6 Å². The minimum Gasteiger partial charge on any atom is -0.358 e. The number of imidazole rings is 1. The van der Waals surface area contributed by atoms with Gasteiger partial charge < -0.3 is 10.3 Å². The maximum absolute atomic E-state index is 14.5. The summed E-state index contributed by atoms with van der Waals surface area (Å²) in [7, 11) is 0. The molecule has 0 amide bonds. The highest BCUT2D eigenvalue weighted by Crippen LogP contribution is 2.25. The van der Waals surface area contributed by atoms with Crippen molar-refractivity contribution in [2.45, 2.75) is 33.2 Å². The monoisotopic (exact) mass is 496 g/mol. The van der Waals surface area contributed by atoms with E-state index in [1.165, 1.54) is 24.8 Å². The Hall–Kier alpha value is -4.48. The summed E-state index contributed by atoms with van der Waals surface area (Å²) in [4.78, 5) is 33.2. The Kier molecular flexibility index (Phi) is 7.13. The number of rotatable bonds is 6. The summed E-state index contributed by atoms with van der Waals surface area (Å²) in [5.74, 6) is -1.89. The first-order chi connectivity index (χ1) is 17.4. The SMILES string of the molecule is CC.CCC(Nc1ncnc2nc[nH]c12)c1nc2cccc(F)c2c(=O)n1Nc1cc(F)cc(F)c1. The molecule has 1 unspecified atom stereocenters. The molecule has 5 rings (SSSR count). The lowest BCUT2D eigenvalue weighted by Crippen LogP contribution is -2.34. The summed E-state index contributed by atoms with van der Waals surface area (Å²) >= 11 is 0. The average molecular weight is 496 g/mol. The van der Waals surface area contributed by atoms with Crippen LogP contribution < -0.4 is 16.3 Å². The molecule has 186 valence electrons. The van der Waals surface area contributed by atoms with Crippen LogP contribution >= 0.6 is 0 Å². The van der Waals surface area contributed by atoms with Gasteiger partial charge >= 0.3 is 0 Å². The van der Waals surface area contributed by atoms with Crippen molar-refractivity contribution >= 4 is 33.6 Å². The molecule has 0 bridgehead atoms. The lowest BCUT2D eigenvalue weighted by molar-refractivity contribution is 0.582. The average Bonchev–Trinajstić information content (AvgIpc) is 3.35. The van der Waals surface area contributed by atoms with Crippen molar-refractivity contribution in [3.8, 4) is 0 Å². The summed E-state index contributed by atoms with van der Waals surface area (Å²) < 4.78 is 43.1. The molecule has 0 aliphatic rings. The van der Waals surface area contributed by atoms with E-state index in [-0.39, 0.29) is 22.4 Å². The molecule has 2 aromatic carbocycles. The Balaban J connectivity index is 0.00000148. The van der Waals surface area contributed by atoms with E-state index in [2.05, 4.69) is 35.7 Å². The minimum atomic E-state index is -0.843. The maximum Gasteiger partial charge on any atom is 0.283 e. The van der Waals surface area contributed by atoms with Gasteiger partial charge in [-0.05, 0) is 30.7 Å². The van der Waals surface area contributed by atoms with Crippen molar-refractivity contribution in [3.63, 3.8) is 0 Å². The van der Waals surface area contributed by atoms with Gasteiger partial charge in [0.15, 0.2) is 17.3 Å². The van der Waals surface area contributed by atoms with E-state index < -0.39 is 29.1 Å². The second-order valence-electron chi connectivity index (χ2n) is 7.44. The summed E-state index contributed by atoms with van der Waals surface area (Å²) in [6.45, 7) is 5.84. The fraction of sp³-hybridized carbons (Fsp3) is 0.208. The van der Waals surface area contributed by atoms with E-state index in [0.717, 1.165) is 22.9 Å². The first-order valence-corrected chi connectivity index (χ1v) is 11.3. The van der Waals surface area contributed by atoms with Crippen LogP contribution in [-0.4, -0.2) is 29.6 Å². The number of hydrogen-bond acceptors (Lipinski definition) is 7. The van der Waals surface area contributed by atoms with Crippen LogP contribution in [0.1, 0.15) is 39.1 Å². The van der Waals surface area contributed by atoms with Crippen LogP contribution in [0, 0.1) is 17.5 Å². The van der Waals surface area contributed by atoms with Gasteiger partial charge in [-0.3, -0.25) is 10.2 Å². The minimum absolute atomic E-state index is 0.0498. The normalized spacial score (nSPS) is 11.7. The van der Waals surface area contributed by atoms with Crippen molar-refractivity contribution < 1.29 is 13.2 Å². The third-order valence-electron chi connectivity index (χ3n) is 5.23. The summed E-state index contributed by atoms with van der Waals surface area (Å²) in [5, 5.41) is 2.94. The summed E-state index contributed by atoms with van der Waals surface area (Å²) in [6, 6.07) is 6.21. The third kappa shape index (κ3) is 4.69. The number of hydrogen-bond donors (Lipinski definition) is 3. The van der Waals surface area contributed by atoms with E-state index >= 15 is 0 Å². The molecule has 0 saturated carbocycles. The molecule has 3 aromatic heterocycles. The van der Waals surface area contributed by atoms with Gasteiger partial charge in [0.05, 0.1) is 23.6 Å². The standard InChI is InChI=1S/C22H17F3N8O.C2H6/c1-2-15(30-20-18-19(27-9-26-18)28-10-29-20)21-31-16-5-3-4-14(25)17(16)22(34)33(21)32-13-7-11(23)6-12(24)8-13;1-2/h3-10,15,32H,2H2,1H3,(H2,26,27,28,29,30);1-2H3. The second kappa shape index (κ2) is 10.4. The molecule has 1 atom stereocenters. The quantitative estimate of drug-likeness (QED) is 0.305. The number of halogens is 3. The lowest BCUT2D eigenvalue weighted by atomic mass is 10.1. The van der Waals surface area contributed by atoms with Gasteiger partial charge in [-0.1, -0.05) is 26.8 Å². The number of fused-ring (bicyclic) bond motifs is 2. The molecule has 36 heavy (non-hydrogen) atoms. The van der Waals surface area contributed by atoms with Crippen LogP contribution in [0.3, 0.4) is 0 Å². The molecule has 3 heterocycles. The highest BCUT2D eigenvalue weighted by atomic mass is 19.1. The Morgan fingerprint density at radius 3 is 2.53 bits per heavy atom. The van der Waals surface area contributed by atoms with Crippen LogP contribution in [0.5, 0.6) is 0 Å². The topological polar surface area (TPSA) is 113 Å². The molecule has 3 N–H and O–H groups in total. The predicted octanol–water partition coefficient (Wildman–Crippen LogP) is 4.94. The molecular weight excluding hydrogens is 473 g/mol. The third-order valence-corrected chi connectivity index (χ3v) is 5.23. The zero-order valence-corrected chi connectivity index (χ0v) is 19.7. The Bertz CT molecular complexity index is 1560. The molecule has 0 saturated heterocycles. The number of aromatic amines is 1. The molecule has 0 fully saturated rings. The fourth-order valence-electron chi connectivity index (χ4n) is 3.68. The molecule has 9 nitrogen and oxygen atoms in total. The molecule has 0 spiro atoms. The number of benzene rings is 2. The van der Waals surface area contributed by atoms with Gasteiger partial charge in [-0.25, -0.2) is 37.8 Å². The van der Waals surface area contributed by atoms with E-state index in [1.807, 2.05) is 20.8 Å². The van der Waals surface area contributed by atoms with Crippen LogP contribution in [0.15, 0.2) is 53.8 Å². The van der Waals surface area contributed by atoms with Crippen LogP contribution in [0.2, 0.25) is 0 Å². The molecule has 0 aliphatic heterocycles. The fourth-order valence-corrected chi connectivity index (χ4v) is 3.68. The largest absolute Gasteiger partial charge is 0.358 e. The van der Waals surface area contributed by atoms with Gasteiger partial charge in [0.1, 0.15) is 34.7 Å². The first-order valence-electron chi connectivity index (χ1n) is 11.3. The Labute approximate surface area is 203 Å². The number of anilines is 2. The molecule has 0 radical (unpaired) electrons. The van der Waals surface area contributed by atoms with Gasteiger partial charge in [0.25, 0.3) is 5.56 Å². The van der Waals surface area contributed by atoms with Crippen molar-refractivity contribution in [2.75, 3.05) is 10.7 Å². The van der Waals surface area contributed by atoms with Gasteiger partial charge in [0.2, 0.25) is 0 Å². The van der Waals surface area contributed by atoms with Crippen LogP contribution in [-0.2, 0) is 0 Å². The van der Waals surface area contributed by atoms with Crippen molar-refractivity contribution in [2.24, 2.45) is 0 Å². The van der Waals surface area contributed by atoms with Crippen molar-refractivity contribution in [3.05, 3.63) is 82.7 Å². The summed E-state index contributed by atoms with van der Waals surface area (Å²) in [6.07, 6.45) is 3.23. The van der Waals surface area contributed by atoms with Crippen molar-refractivity contribution in [1.29, 1.82) is 0 Å². The molecule has 5 aromatic rings. The van der Waals surface area contributed by atoms with Gasteiger partial charge in [-0.2, -0.15) is 0 Å². The van der Waals surface area contributed by atoms with Gasteiger partial charge in [0, 0.05) is 6.07 Å². The molecular formula is C24H23F3N8O. The van der Waals surface area contributed by atoms with Crippen LogP contribution in [0.4, 0.5) is 24.7 Å². The Morgan fingerprint density at radius 2 is 1.81 bits per heavy atom. The first kappa shape index (κ1) is 24.6. The zero-order chi connectivity index (χ0) is 25.8. The number of aromatic nitrogens is 6. The lowest BCUT2D eigenvalue weighted by Gasteiger charge is -2.23. The predicted molar refractivity (Wildman–Crippen MR) is 131 cm³/mol. The maximum atomic E-state index is 14.5. The Morgan fingerprint density at radius 1 is 1.06 bits per heavy atom. The van der Waals surface area contributed by atoms with Gasteiger partial charge in [-0.15, -0.1) is 0 Å². The zero-order valence-electron chi connectivity index (χ0n) is 19.7. The van der Waals surface area contributed by atoms with Crippen LogP contribution in [0.25, 0.3) is 22.1 Å². The van der Waals surface area contributed by atoms with E-state index in [1.54, 1.807) is 0 Å². The van der Waals surface area contributed by atoms with E-state index in [4.69, 9.17) is 0 Å². The smallest absolute Gasteiger partial charge is 0.283 e. The number of H-pyrrole nitrogens is 1. The van der Waals surface area contributed by atoms with E-state index in [9.17, 15) is 18.0 Å². The molecule has 12 heteroatoms. The second-order valence-corrected chi connectivity index (χ2v) is 7.44. The highest BCUT2D eigenvalue weighted by Gasteiger charge is 2.22. The number of nitrogens with zero attached hydrogens (tertiary/aromatic N) is 5. The summed E-state index contributed by atoms with van der Waals surface area (Å²) in [5.41, 5.74) is 2.98.